The van der Waals surface area contributed by atoms with E-state index in [-0.39, 0.29) is 0 Å². The molecule has 0 amide bonds. The van der Waals surface area contributed by atoms with Crippen LogP contribution in [0.15, 0.2) is 155 Å². The van der Waals surface area contributed by atoms with Crippen molar-refractivity contribution in [3.63, 3.8) is 0 Å². The second kappa shape index (κ2) is 8.90. The van der Waals surface area contributed by atoms with Gasteiger partial charge in [-0.25, -0.2) is 4.21 Å². The average Bonchev–Trinajstić information content (AvgIpc) is 3.05. The Morgan fingerprint density at radius 3 is 1.98 bits per heavy atom. The van der Waals surface area contributed by atoms with E-state index in [0.29, 0.717) is 0 Å². The molecule has 0 spiro atoms. The second-order valence-corrected chi connectivity index (χ2v) is 12.2. The molecule has 42 heavy (non-hydrogen) atoms. The van der Waals surface area contributed by atoms with E-state index in [1.54, 1.807) is 0 Å². The summed E-state index contributed by atoms with van der Waals surface area (Å²) in [5, 5.41) is 4.81. The highest BCUT2D eigenvalue weighted by molar-refractivity contribution is 7.85. The molecule has 3 nitrogen and oxygen atoms in total. The molecule has 0 aromatic heterocycles. The summed E-state index contributed by atoms with van der Waals surface area (Å²) in [5.74, 6) is 0. The van der Waals surface area contributed by atoms with Crippen LogP contribution in [-0.4, -0.2) is 4.21 Å². The average molecular weight is 557 g/mol. The highest BCUT2D eigenvalue weighted by Gasteiger charge is 2.34. The van der Waals surface area contributed by atoms with Gasteiger partial charge in [-0.15, -0.1) is 0 Å². The summed E-state index contributed by atoms with van der Waals surface area (Å²) < 4.78 is 14.2. The first-order valence-corrected chi connectivity index (χ1v) is 15.3. The lowest BCUT2D eigenvalue weighted by molar-refractivity contribution is 0.682. The maximum atomic E-state index is 14.2. The Morgan fingerprint density at radius 2 is 1.10 bits per heavy atom. The molecule has 2 aliphatic rings. The number of hydrogen-bond donors (Lipinski definition) is 0. The molecular weight excluding hydrogens is 532 g/mol. The van der Waals surface area contributed by atoms with Crippen molar-refractivity contribution in [2.24, 2.45) is 0 Å². The summed E-state index contributed by atoms with van der Waals surface area (Å²) in [7, 11) is -1.32. The van der Waals surface area contributed by atoms with Crippen LogP contribution in [0.2, 0.25) is 0 Å². The van der Waals surface area contributed by atoms with E-state index in [0.717, 1.165) is 49.5 Å². The molecule has 0 bridgehead atoms. The number of anilines is 6. The SMILES string of the molecule is O=S1c2ccccc2N(c2ccccc2)c2cc3c(cc21)-c1cccc2cccc(c12)N3c1ccc2ccccc2c1. The molecule has 7 aromatic carbocycles. The van der Waals surface area contributed by atoms with Gasteiger partial charge in [0.25, 0.3) is 0 Å². The molecule has 198 valence electrons. The minimum absolute atomic E-state index is 0.825. The van der Waals surface area contributed by atoms with Gasteiger partial charge in [0.1, 0.15) is 0 Å². The third kappa shape index (κ3) is 3.30. The lowest BCUT2D eigenvalue weighted by Gasteiger charge is -2.38. The Kier molecular flexibility index (Phi) is 4.98. The highest BCUT2D eigenvalue weighted by atomic mass is 32.2. The Morgan fingerprint density at radius 1 is 0.405 bits per heavy atom. The molecule has 1 unspecified atom stereocenters. The number of nitrogens with zero attached hydrogens (tertiary/aromatic N) is 2. The van der Waals surface area contributed by atoms with Crippen LogP contribution in [0.25, 0.3) is 32.7 Å². The predicted molar refractivity (Wildman–Crippen MR) is 174 cm³/mol. The molecule has 9 rings (SSSR count). The topological polar surface area (TPSA) is 23.6 Å². The van der Waals surface area contributed by atoms with Crippen LogP contribution in [0.5, 0.6) is 0 Å². The Labute approximate surface area is 246 Å². The van der Waals surface area contributed by atoms with Crippen LogP contribution in [0, 0.1) is 0 Å². The van der Waals surface area contributed by atoms with Crippen molar-refractivity contribution in [1.82, 2.24) is 0 Å². The van der Waals surface area contributed by atoms with Crippen molar-refractivity contribution in [2.75, 3.05) is 9.80 Å². The van der Waals surface area contributed by atoms with Gasteiger partial charge in [0.15, 0.2) is 0 Å². The van der Waals surface area contributed by atoms with E-state index in [1.807, 2.05) is 24.3 Å². The first-order chi connectivity index (χ1) is 20.8. The van der Waals surface area contributed by atoms with Gasteiger partial charge in [-0.3, -0.25) is 0 Å². The molecule has 0 N–H and O–H groups in total. The molecule has 2 aliphatic heterocycles. The van der Waals surface area contributed by atoms with Crippen molar-refractivity contribution in [3.8, 4) is 11.1 Å². The number of hydrogen-bond acceptors (Lipinski definition) is 3. The summed E-state index contributed by atoms with van der Waals surface area (Å²) in [6.07, 6.45) is 0. The predicted octanol–water partition coefficient (Wildman–Crippen LogP) is 10.4. The van der Waals surface area contributed by atoms with E-state index in [9.17, 15) is 4.21 Å². The summed E-state index contributed by atoms with van der Waals surface area (Å²) >= 11 is 0. The lowest BCUT2D eigenvalue weighted by atomic mass is 9.90. The van der Waals surface area contributed by atoms with E-state index in [1.165, 1.54) is 27.1 Å². The quantitative estimate of drug-likeness (QED) is 0.212. The Bertz CT molecular complexity index is 2240. The van der Waals surface area contributed by atoms with Crippen molar-refractivity contribution in [3.05, 3.63) is 146 Å². The van der Waals surface area contributed by atoms with Gasteiger partial charge >= 0.3 is 0 Å². The highest BCUT2D eigenvalue weighted by Crippen LogP contribution is 2.56. The number of benzene rings is 7. The summed E-state index contributed by atoms with van der Waals surface area (Å²) in [6.45, 7) is 0. The Hall–Kier alpha value is -5.19. The maximum Gasteiger partial charge on any atom is 0.0892 e. The molecule has 0 aliphatic carbocycles. The van der Waals surface area contributed by atoms with Crippen molar-refractivity contribution in [1.29, 1.82) is 0 Å². The first kappa shape index (κ1) is 23.5. The van der Waals surface area contributed by atoms with Crippen LogP contribution in [0.3, 0.4) is 0 Å². The fourth-order valence-electron chi connectivity index (χ4n) is 6.64. The van der Waals surface area contributed by atoms with E-state index in [4.69, 9.17) is 0 Å². The van der Waals surface area contributed by atoms with Crippen molar-refractivity contribution in [2.45, 2.75) is 9.79 Å². The normalized spacial score (nSPS) is 14.9. The largest absolute Gasteiger partial charge is 0.309 e. The fraction of sp³-hybridized carbons (Fsp3) is 0. The van der Waals surface area contributed by atoms with Gasteiger partial charge in [-0.05, 0) is 76.3 Å². The van der Waals surface area contributed by atoms with Gasteiger partial charge < -0.3 is 9.80 Å². The number of para-hydroxylation sites is 2. The standard InChI is InChI=1S/C38H24N2OS/c41-42-36-19-7-6-17-32(36)39(28-14-2-1-3-15-28)35-24-34-31(23-37(35)42)30-16-8-12-26-13-9-18-33(38(26)30)40(34)29-21-20-25-10-4-5-11-27(25)22-29/h1-24H. The molecule has 0 saturated carbocycles. The number of fused-ring (bicyclic) bond motifs is 5. The van der Waals surface area contributed by atoms with Crippen LogP contribution in [0.1, 0.15) is 0 Å². The fourth-order valence-corrected chi connectivity index (χ4v) is 7.99. The summed E-state index contributed by atoms with van der Waals surface area (Å²) in [6, 6.07) is 51.0. The van der Waals surface area contributed by atoms with Crippen LogP contribution < -0.4 is 9.80 Å². The zero-order chi connectivity index (χ0) is 27.8. The maximum absolute atomic E-state index is 14.2. The van der Waals surface area contributed by atoms with Gasteiger partial charge in [0.05, 0.1) is 43.3 Å². The smallest absolute Gasteiger partial charge is 0.0892 e. The molecular formula is C38H24N2OS. The number of rotatable bonds is 2. The van der Waals surface area contributed by atoms with Crippen molar-refractivity contribution < 1.29 is 4.21 Å². The van der Waals surface area contributed by atoms with Crippen LogP contribution in [-0.2, 0) is 10.8 Å². The van der Waals surface area contributed by atoms with E-state index >= 15 is 0 Å². The summed E-state index contributed by atoms with van der Waals surface area (Å²) in [4.78, 5) is 6.29. The molecule has 0 saturated heterocycles. The van der Waals surface area contributed by atoms with E-state index in [2.05, 4.69) is 131 Å². The summed E-state index contributed by atoms with van der Waals surface area (Å²) in [5.41, 5.74) is 8.51. The minimum atomic E-state index is -1.32. The zero-order valence-corrected chi connectivity index (χ0v) is 23.4. The first-order valence-electron chi connectivity index (χ1n) is 14.1. The lowest BCUT2D eigenvalue weighted by Crippen LogP contribution is -2.21. The van der Waals surface area contributed by atoms with Crippen molar-refractivity contribution >= 4 is 66.5 Å². The molecule has 4 heteroatoms. The second-order valence-electron chi connectivity index (χ2n) is 10.8. The zero-order valence-electron chi connectivity index (χ0n) is 22.6. The van der Waals surface area contributed by atoms with Crippen LogP contribution >= 0.6 is 0 Å². The van der Waals surface area contributed by atoms with E-state index < -0.39 is 10.8 Å². The molecule has 7 aromatic rings. The molecule has 1 atom stereocenters. The third-order valence-corrected chi connectivity index (χ3v) is 9.96. The Balaban J connectivity index is 1.38. The van der Waals surface area contributed by atoms with Gasteiger partial charge in [0.2, 0.25) is 0 Å². The van der Waals surface area contributed by atoms with Gasteiger partial charge in [-0.1, -0.05) is 91.0 Å². The van der Waals surface area contributed by atoms with Gasteiger partial charge in [0, 0.05) is 22.3 Å². The third-order valence-electron chi connectivity index (χ3n) is 8.48. The van der Waals surface area contributed by atoms with Crippen LogP contribution in [0.4, 0.5) is 34.1 Å². The molecule has 2 heterocycles. The minimum Gasteiger partial charge on any atom is -0.309 e. The monoisotopic (exact) mass is 556 g/mol. The molecule has 0 radical (unpaired) electrons. The molecule has 0 fully saturated rings. The van der Waals surface area contributed by atoms with Gasteiger partial charge in [-0.2, -0.15) is 0 Å².